The van der Waals surface area contributed by atoms with E-state index >= 15 is 0 Å². The molecule has 0 saturated heterocycles. The molecule has 0 spiro atoms. The standard InChI is InChI=1S/C13H14N6O4/c1-18-13-8(7-15-18)11(14-5-6-22-2)16-12(17-13)9-3-4-10(23-9)19(20)21/h3-4,7H,5-6H2,1-2H3,(H,14,16,17). The molecule has 0 aliphatic rings. The molecule has 3 aromatic rings. The first-order valence-electron chi connectivity index (χ1n) is 6.77. The number of hydrogen-bond donors (Lipinski definition) is 1. The predicted octanol–water partition coefficient (Wildman–Crippen LogP) is 1.59. The molecule has 10 nitrogen and oxygen atoms in total. The van der Waals surface area contributed by atoms with Crippen molar-refractivity contribution in [2.24, 2.45) is 7.05 Å². The zero-order valence-corrected chi connectivity index (χ0v) is 12.5. The monoisotopic (exact) mass is 318 g/mol. The number of nitrogens with one attached hydrogen (secondary N) is 1. The minimum absolute atomic E-state index is 0.217. The van der Waals surface area contributed by atoms with Gasteiger partial charge in [-0.1, -0.05) is 0 Å². The Labute approximate surface area is 130 Å². The molecule has 0 aliphatic heterocycles. The lowest BCUT2D eigenvalue weighted by atomic mass is 10.3. The van der Waals surface area contributed by atoms with Gasteiger partial charge in [0.25, 0.3) is 0 Å². The topological polar surface area (TPSA) is 121 Å². The van der Waals surface area contributed by atoms with Crippen LogP contribution in [0.1, 0.15) is 0 Å². The van der Waals surface area contributed by atoms with Gasteiger partial charge in [0, 0.05) is 20.7 Å². The van der Waals surface area contributed by atoms with E-state index in [0.717, 1.165) is 5.39 Å². The number of fused-ring (bicyclic) bond motifs is 1. The fourth-order valence-electron chi connectivity index (χ4n) is 2.08. The number of ether oxygens (including phenoxy) is 1. The van der Waals surface area contributed by atoms with Crippen molar-refractivity contribution in [1.82, 2.24) is 19.7 Å². The third kappa shape index (κ3) is 2.83. The Hall–Kier alpha value is -3.01. The molecule has 0 atom stereocenters. The van der Waals surface area contributed by atoms with Gasteiger partial charge in [-0.15, -0.1) is 0 Å². The molecule has 0 fully saturated rings. The Morgan fingerprint density at radius 1 is 1.43 bits per heavy atom. The van der Waals surface area contributed by atoms with Crippen LogP contribution in [-0.2, 0) is 11.8 Å². The van der Waals surface area contributed by atoms with Crippen molar-refractivity contribution in [3.8, 4) is 11.6 Å². The van der Waals surface area contributed by atoms with Crippen molar-refractivity contribution in [3.63, 3.8) is 0 Å². The van der Waals surface area contributed by atoms with Gasteiger partial charge in [0.05, 0.1) is 24.3 Å². The Morgan fingerprint density at radius 3 is 2.96 bits per heavy atom. The van der Waals surface area contributed by atoms with Crippen molar-refractivity contribution in [3.05, 3.63) is 28.4 Å². The highest BCUT2D eigenvalue weighted by molar-refractivity contribution is 5.87. The summed E-state index contributed by atoms with van der Waals surface area (Å²) in [5.74, 6) is 0.667. The Kier molecular flexibility index (Phi) is 3.89. The van der Waals surface area contributed by atoms with E-state index in [4.69, 9.17) is 9.15 Å². The van der Waals surface area contributed by atoms with Gasteiger partial charge in [-0.2, -0.15) is 5.10 Å². The maximum Gasteiger partial charge on any atom is 0.433 e. The first-order chi connectivity index (χ1) is 11.1. The molecule has 23 heavy (non-hydrogen) atoms. The number of hydrogen-bond acceptors (Lipinski definition) is 8. The van der Waals surface area contributed by atoms with Crippen molar-refractivity contribution in [2.45, 2.75) is 0 Å². The molecular formula is C13H14N6O4. The molecule has 0 unspecified atom stereocenters. The summed E-state index contributed by atoms with van der Waals surface area (Å²) in [7, 11) is 3.36. The summed E-state index contributed by atoms with van der Waals surface area (Å²) in [4.78, 5) is 18.9. The highest BCUT2D eigenvalue weighted by Gasteiger charge is 2.18. The van der Waals surface area contributed by atoms with Crippen molar-refractivity contribution in [1.29, 1.82) is 0 Å². The molecule has 0 bridgehead atoms. The number of rotatable bonds is 6. The van der Waals surface area contributed by atoms with E-state index in [1.54, 1.807) is 25.0 Å². The maximum atomic E-state index is 10.7. The van der Waals surface area contributed by atoms with Crippen molar-refractivity contribution in [2.75, 3.05) is 25.6 Å². The summed E-state index contributed by atoms with van der Waals surface area (Å²) in [6, 6.07) is 2.73. The van der Waals surface area contributed by atoms with Crippen LogP contribution in [0.15, 0.2) is 22.7 Å². The molecule has 0 aromatic carbocycles. The van der Waals surface area contributed by atoms with Crippen LogP contribution in [0.2, 0.25) is 0 Å². The van der Waals surface area contributed by atoms with E-state index in [0.29, 0.717) is 24.6 Å². The summed E-state index contributed by atoms with van der Waals surface area (Å²) in [6.45, 7) is 1.06. The molecule has 120 valence electrons. The molecule has 0 saturated carbocycles. The minimum atomic E-state index is -0.607. The van der Waals surface area contributed by atoms with Crippen LogP contribution in [0.5, 0.6) is 0 Å². The van der Waals surface area contributed by atoms with Crippen LogP contribution in [0.4, 0.5) is 11.7 Å². The van der Waals surface area contributed by atoms with Crippen molar-refractivity contribution >= 4 is 22.7 Å². The number of nitro groups is 1. The third-order valence-electron chi connectivity index (χ3n) is 3.18. The average molecular weight is 318 g/mol. The van der Waals surface area contributed by atoms with E-state index in [9.17, 15) is 10.1 Å². The lowest BCUT2D eigenvalue weighted by molar-refractivity contribution is -0.401. The van der Waals surface area contributed by atoms with Crippen LogP contribution >= 0.6 is 0 Å². The van der Waals surface area contributed by atoms with E-state index in [-0.39, 0.29) is 17.5 Å². The molecule has 3 rings (SSSR count). The van der Waals surface area contributed by atoms with Crippen LogP contribution in [-0.4, -0.2) is 44.9 Å². The van der Waals surface area contributed by atoms with Crippen LogP contribution in [0.25, 0.3) is 22.6 Å². The second-order valence-corrected chi connectivity index (χ2v) is 4.72. The Balaban J connectivity index is 2.05. The molecule has 1 N–H and O–H groups in total. The fraction of sp³-hybridized carbons (Fsp3) is 0.308. The van der Waals surface area contributed by atoms with Crippen LogP contribution < -0.4 is 5.32 Å². The van der Waals surface area contributed by atoms with Gasteiger partial charge in [-0.3, -0.25) is 14.8 Å². The van der Waals surface area contributed by atoms with Gasteiger partial charge >= 0.3 is 5.88 Å². The van der Waals surface area contributed by atoms with Gasteiger partial charge in [0.1, 0.15) is 10.7 Å². The van der Waals surface area contributed by atoms with Gasteiger partial charge in [-0.05, 0) is 6.07 Å². The second kappa shape index (κ2) is 6.01. The largest absolute Gasteiger partial charge is 0.433 e. The zero-order chi connectivity index (χ0) is 16.4. The van der Waals surface area contributed by atoms with E-state index < -0.39 is 4.92 Å². The molecule has 0 amide bonds. The van der Waals surface area contributed by atoms with Crippen LogP contribution in [0, 0.1) is 10.1 Å². The molecule has 3 heterocycles. The van der Waals surface area contributed by atoms with E-state index in [1.807, 2.05) is 0 Å². The fourth-order valence-corrected chi connectivity index (χ4v) is 2.08. The van der Waals surface area contributed by atoms with E-state index in [2.05, 4.69) is 20.4 Å². The highest BCUT2D eigenvalue weighted by atomic mass is 16.6. The number of methoxy groups -OCH3 is 1. The van der Waals surface area contributed by atoms with Crippen molar-refractivity contribution < 1.29 is 14.1 Å². The van der Waals surface area contributed by atoms with Gasteiger partial charge in [-0.25, -0.2) is 9.97 Å². The Morgan fingerprint density at radius 2 is 2.26 bits per heavy atom. The maximum absolute atomic E-state index is 10.7. The normalized spacial score (nSPS) is 11.0. The average Bonchev–Trinajstić information content (AvgIpc) is 3.15. The second-order valence-electron chi connectivity index (χ2n) is 4.72. The summed E-state index contributed by atoms with van der Waals surface area (Å²) in [5.41, 5.74) is 0.592. The highest BCUT2D eigenvalue weighted by Crippen LogP contribution is 2.27. The number of aryl methyl sites for hydroxylation is 1. The SMILES string of the molecule is COCCNc1nc(-c2ccc([N+](=O)[O-])o2)nc2c1cnn2C. The van der Waals surface area contributed by atoms with Gasteiger partial charge in [0.2, 0.25) is 0 Å². The quantitative estimate of drug-likeness (QED) is 0.413. The summed E-state index contributed by atoms with van der Waals surface area (Å²) < 4.78 is 11.8. The number of nitrogens with zero attached hydrogens (tertiary/aromatic N) is 5. The number of anilines is 1. The summed E-state index contributed by atoms with van der Waals surface area (Å²) in [5, 5.41) is 18.8. The van der Waals surface area contributed by atoms with Gasteiger partial charge in [0.15, 0.2) is 17.2 Å². The predicted molar refractivity (Wildman–Crippen MR) is 81.0 cm³/mol. The molecule has 0 aliphatic carbocycles. The third-order valence-corrected chi connectivity index (χ3v) is 3.18. The Bertz CT molecular complexity index is 855. The van der Waals surface area contributed by atoms with Crippen LogP contribution in [0.3, 0.4) is 0 Å². The first kappa shape index (κ1) is 14.9. The lowest BCUT2D eigenvalue weighted by Crippen LogP contribution is -2.10. The molecule has 3 aromatic heterocycles. The summed E-state index contributed by atoms with van der Waals surface area (Å²) >= 11 is 0. The molecule has 0 radical (unpaired) electrons. The first-order valence-corrected chi connectivity index (χ1v) is 6.77. The van der Waals surface area contributed by atoms with E-state index in [1.165, 1.54) is 12.1 Å². The minimum Gasteiger partial charge on any atom is -0.397 e. The number of aromatic nitrogens is 4. The molecular weight excluding hydrogens is 304 g/mol. The smallest absolute Gasteiger partial charge is 0.397 e. The summed E-state index contributed by atoms with van der Waals surface area (Å²) in [6.07, 6.45) is 1.65. The van der Waals surface area contributed by atoms with Gasteiger partial charge < -0.3 is 14.5 Å². The zero-order valence-electron chi connectivity index (χ0n) is 12.5. The lowest BCUT2D eigenvalue weighted by Gasteiger charge is -2.07. The molecule has 10 heteroatoms. The number of furan rings is 1.